The number of nitrogens with zero attached hydrogens (tertiary/aromatic N) is 2. The van der Waals surface area contributed by atoms with Crippen LogP contribution in [-0.2, 0) is 6.42 Å². The van der Waals surface area contributed by atoms with E-state index in [4.69, 9.17) is 10.5 Å². The summed E-state index contributed by atoms with van der Waals surface area (Å²) in [5.74, 6) is 0.851. The van der Waals surface area contributed by atoms with Crippen molar-refractivity contribution in [2.75, 3.05) is 32.0 Å². The molecule has 0 aliphatic rings. The molecule has 3 aromatic rings. The number of unbranched alkanes of at least 4 members (excludes halogenated alkanes) is 3. The number of ether oxygens (including phenoxy) is 1. The van der Waals surface area contributed by atoms with Gasteiger partial charge in [0.1, 0.15) is 5.75 Å². The average Bonchev–Trinajstić information content (AvgIpc) is 3.23. The van der Waals surface area contributed by atoms with Crippen molar-refractivity contribution in [3.05, 3.63) is 65.5 Å². The molecule has 2 aromatic heterocycles. The van der Waals surface area contributed by atoms with Gasteiger partial charge in [0.25, 0.3) is 0 Å². The normalized spacial score (nSPS) is 11.4. The van der Waals surface area contributed by atoms with Crippen molar-refractivity contribution in [3.63, 3.8) is 0 Å². The number of nitrogen functional groups attached to an aromatic ring is 1. The summed E-state index contributed by atoms with van der Waals surface area (Å²) in [5, 5.41) is 0. The zero-order chi connectivity index (χ0) is 25.0. The molecule has 35 heavy (non-hydrogen) atoms. The molecule has 3 rings (SSSR count). The van der Waals surface area contributed by atoms with Crippen molar-refractivity contribution in [1.82, 2.24) is 9.30 Å². The second-order valence-electron chi connectivity index (χ2n) is 9.48. The number of aryl methyl sites for hydroxylation is 1. The summed E-state index contributed by atoms with van der Waals surface area (Å²) in [6.07, 6.45) is 10.9. The molecule has 190 valence electrons. The van der Waals surface area contributed by atoms with Gasteiger partial charge in [0.2, 0.25) is 5.78 Å². The molecule has 0 saturated heterocycles. The summed E-state index contributed by atoms with van der Waals surface area (Å²) in [6, 6.07) is 13.5. The van der Waals surface area contributed by atoms with E-state index in [0.717, 1.165) is 54.8 Å². The van der Waals surface area contributed by atoms with Gasteiger partial charge in [0, 0.05) is 29.5 Å². The molecular formula is C30H43N3O2. The Balaban J connectivity index is 1.62. The molecule has 0 aliphatic carbocycles. The van der Waals surface area contributed by atoms with E-state index in [-0.39, 0.29) is 5.78 Å². The number of aromatic nitrogens is 1. The molecule has 0 amide bonds. The predicted molar refractivity (Wildman–Crippen MR) is 147 cm³/mol. The predicted octanol–water partition coefficient (Wildman–Crippen LogP) is 6.77. The van der Waals surface area contributed by atoms with Crippen LogP contribution in [-0.4, -0.2) is 41.3 Å². The average molecular weight is 478 g/mol. The molecule has 0 unspecified atom stereocenters. The minimum atomic E-state index is 0.0370. The zero-order valence-corrected chi connectivity index (χ0v) is 21.9. The van der Waals surface area contributed by atoms with Crippen LogP contribution in [0.4, 0.5) is 5.69 Å². The molecule has 0 aliphatic heterocycles. The van der Waals surface area contributed by atoms with Crippen LogP contribution in [0.25, 0.3) is 5.52 Å². The molecule has 0 radical (unpaired) electrons. The summed E-state index contributed by atoms with van der Waals surface area (Å²) < 4.78 is 7.96. The number of pyridine rings is 1. The summed E-state index contributed by atoms with van der Waals surface area (Å²) in [6.45, 7) is 10.8. The third-order valence-corrected chi connectivity index (χ3v) is 6.55. The van der Waals surface area contributed by atoms with Crippen LogP contribution in [0.3, 0.4) is 0 Å². The van der Waals surface area contributed by atoms with E-state index in [0.29, 0.717) is 17.9 Å². The van der Waals surface area contributed by atoms with E-state index < -0.39 is 0 Å². The van der Waals surface area contributed by atoms with Crippen molar-refractivity contribution in [3.8, 4) is 5.75 Å². The Hall–Kier alpha value is -2.79. The van der Waals surface area contributed by atoms with Gasteiger partial charge in [-0.2, -0.15) is 0 Å². The van der Waals surface area contributed by atoms with Crippen LogP contribution in [0.5, 0.6) is 5.75 Å². The van der Waals surface area contributed by atoms with Gasteiger partial charge < -0.3 is 19.8 Å². The molecule has 1 aromatic carbocycles. The fourth-order valence-electron chi connectivity index (χ4n) is 4.48. The van der Waals surface area contributed by atoms with Crippen molar-refractivity contribution < 1.29 is 9.53 Å². The Morgan fingerprint density at radius 3 is 2.20 bits per heavy atom. The Labute approximate surface area is 211 Å². The van der Waals surface area contributed by atoms with E-state index in [9.17, 15) is 4.79 Å². The molecule has 0 atom stereocenters. The number of anilines is 1. The first-order valence-corrected chi connectivity index (χ1v) is 13.5. The van der Waals surface area contributed by atoms with Gasteiger partial charge in [-0.05, 0) is 93.2 Å². The lowest BCUT2D eigenvalue weighted by Gasteiger charge is -2.21. The summed E-state index contributed by atoms with van der Waals surface area (Å²) in [4.78, 5) is 16.1. The number of hydrogen-bond acceptors (Lipinski definition) is 4. The number of carbonyl (C=O) groups is 1. The zero-order valence-electron chi connectivity index (χ0n) is 21.9. The molecule has 5 nitrogen and oxygen atoms in total. The first kappa shape index (κ1) is 26.8. The third-order valence-electron chi connectivity index (χ3n) is 6.55. The number of benzene rings is 1. The van der Waals surface area contributed by atoms with Gasteiger partial charge in [-0.3, -0.25) is 4.79 Å². The highest BCUT2D eigenvalue weighted by molar-refractivity contribution is 6.09. The first-order chi connectivity index (χ1) is 17.1. The van der Waals surface area contributed by atoms with Crippen molar-refractivity contribution >= 4 is 17.0 Å². The minimum Gasteiger partial charge on any atom is -0.494 e. The molecule has 2 N–H and O–H groups in total. The lowest BCUT2D eigenvalue weighted by atomic mass is 10.0. The Bertz CT molecular complexity index is 1050. The number of rotatable bonds is 16. The first-order valence-electron chi connectivity index (χ1n) is 13.5. The topological polar surface area (TPSA) is 60.0 Å². The van der Waals surface area contributed by atoms with E-state index >= 15 is 0 Å². The van der Waals surface area contributed by atoms with E-state index in [1.165, 1.54) is 38.8 Å². The largest absolute Gasteiger partial charge is 0.494 e. The van der Waals surface area contributed by atoms with E-state index in [1.807, 2.05) is 47.0 Å². The molecular weight excluding hydrogens is 434 g/mol. The maximum Gasteiger partial charge on any atom is 0.210 e. The molecule has 0 bridgehead atoms. The standard InChI is InChI=1S/C30H43N3O2/c1-4-7-11-25-22-27-23-26(31)16-20-33(27)29(25)30(34)24-12-14-28(15-13-24)35-21-10-19-32(17-8-5-2)18-9-6-3/h12-16,20,22-23H,4-11,17-19,21,31H2,1-3H3. The smallest absolute Gasteiger partial charge is 0.210 e. The molecule has 0 fully saturated rings. The Kier molecular flexibility index (Phi) is 10.7. The fraction of sp³-hybridized carbons (Fsp3) is 0.500. The number of fused-ring (bicyclic) bond motifs is 1. The van der Waals surface area contributed by atoms with Gasteiger partial charge in [-0.25, -0.2) is 0 Å². The Morgan fingerprint density at radius 2 is 1.54 bits per heavy atom. The van der Waals surface area contributed by atoms with Crippen LogP contribution in [0.15, 0.2) is 48.7 Å². The summed E-state index contributed by atoms with van der Waals surface area (Å²) in [5.41, 5.74) is 10.1. The Morgan fingerprint density at radius 1 is 0.886 bits per heavy atom. The van der Waals surface area contributed by atoms with Crippen molar-refractivity contribution in [2.24, 2.45) is 0 Å². The minimum absolute atomic E-state index is 0.0370. The quantitative estimate of drug-likeness (QED) is 0.183. The highest BCUT2D eigenvalue weighted by Gasteiger charge is 2.19. The van der Waals surface area contributed by atoms with Crippen LogP contribution < -0.4 is 10.5 Å². The highest BCUT2D eigenvalue weighted by Crippen LogP contribution is 2.24. The lowest BCUT2D eigenvalue weighted by Crippen LogP contribution is -2.28. The van der Waals surface area contributed by atoms with Crippen LogP contribution in [0.2, 0.25) is 0 Å². The molecule has 5 heteroatoms. The van der Waals surface area contributed by atoms with Gasteiger partial charge in [-0.15, -0.1) is 0 Å². The van der Waals surface area contributed by atoms with Crippen LogP contribution >= 0.6 is 0 Å². The molecule has 2 heterocycles. The summed E-state index contributed by atoms with van der Waals surface area (Å²) in [7, 11) is 0. The van der Waals surface area contributed by atoms with E-state index in [1.54, 1.807) is 0 Å². The monoisotopic (exact) mass is 477 g/mol. The van der Waals surface area contributed by atoms with Gasteiger partial charge in [0.15, 0.2) is 0 Å². The number of nitrogens with two attached hydrogens (primary N) is 1. The van der Waals surface area contributed by atoms with Crippen molar-refractivity contribution in [2.45, 2.75) is 72.1 Å². The number of ketones is 1. The molecule has 0 spiro atoms. The highest BCUT2D eigenvalue weighted by atomic mass is 16.5. The van der Waals surface area contributed by atoms with Crippen LogP contribution in [0, 0.1) is 0 Å². The lowest BCUT2D eigenvalue weighted by molar-refractivity contribution is 0.103. The number of carbonyl (C=O) groups excluding carboxylic acids is 1. The number of hydrogen-bond donors (Lipinski definition) is 1. The fourth-order valence-corrected chi connectivity index (χ4v) is 4.48. The molecule has 0 saturated carbocycles. The van der Waals surface area contributed by atoms with Crippen molar-refractivity contribution in [1.29, 1.82) is 0 Å². The van der Waals surface area contributed by atoms with Gasteiger partial charge in [0.05, 0.1) is 12.3 Å². The summed E-state index contributed by atoms with van der Waals surface area (Å²) >= 11 is 0. The second kappa shape index (κ2) is 13.9. The SMILES string of the molecule is CCCCc1cc2cc(N)ccn2c1C(=O)c1ccc(OCCCN(CCCC)CCCC)cc1. The second-order valence-corrected chi connectivity index (χ2v) is 9.48. The maximum absolute atomic E-state index is 13.5. The maximum atomic E-state index is 13.5. The van der Waals surface area contributed by atoms with Gasteiger partial charge >= 0.3 is 0 Å². The van der Waals surface area contributed by atoms with E-state index in [2.05, 4.69) is 31.7 Å². The van der Waals surface area contributed by atoms with Crippen LogP contribution in [0.1, 0.15) is 87.3 Å². The third kappa shape index (κ3) is 7.60. The van der Waals surface area contributed by atoms with Gasteiger partial charge in [-0.1, -0.05) is 40.0 Å².